The molecule has 1 unspecified atom stereocenters. The fourth-order valence-electron chi connectivity index (χ4n) is 5.52. The van der Waals surface area contributed by atoms with Crippen LogP contribution in [0.3, 0.4) is 0 Å². The molecule has 196 valence electrons. The highest BCUT2D eigenvalue weighted by atomic mass is 16.2. The molecule has 0 saturated heterocycles. The third kappa shape index (κ3) is 6.50. The zero-order chi connectivity index (χ0) is 26.3. The molecule has 2 amide bonds. The Labute approximate surface area is 224 Å². The molecule has 1 atom stereocenters. The Morgan fingerprint density at radius 3 is 2.16 bits per heavy atom. The van der Waals surface area contributed by atoms with E-state index in [4.69, 9.17) is 5.73 Å². The second-order valence-electron chi connectivity index (χ2n) is 10.4. The summed E-state index contributed by atoms with van der Waals surface area (Å²) in [6.45, 7) is 0. The Morgan fingerprint density at radius 2 is 1.47 bits per heavy atom. The number of fused-ring (bicyclic) bond motifs is 1. The molecule has 0 radical (unpaired) electrons. The predicted molar refractivity (Wildman–Crippen MR) is 153 cm³/mol. The smallest absolute Gasteiger partial charge is 0.248 e. The molecule has 0 bridgehead atoms. The van der Waals surface area contributed by atoms with E-state index in [2.05, 4.69) is 40.2 Å². The first-order valence-corrected chi connectivity index (χ1v) is 13.6. The second-order valence-corrected chi connectivity index (χ2v) is 10.4. The zero-order valence-corrected chi connectivity index (χ0v) is 21.7. The fourth-order valence-corrected chi connectivity index (χ4v) is 5.52. The van der Waals surface area contributed by atoms with Crippen LogP contribution < -0.4 is 21.7 Å². The molecule has 1 saturated carbocycles. The van der Waals surface area contributed by atoms with Crippen LogP contribution in [0.2, 0.25) is 0 Å². The molecule has 5 N–H and O–H groups in total. The molecule has 3 aromatic carbocycles. The van der Waals surface area contributed by atoms with Gasteiger partial charge < -0.3 is 16.4 Å². The molecule has 5 rings (SSSR count). The number of amides is 2. The maximum Gasteiger partial charge on any atom is 0.248 e. The molecule has 2 aliphatic rings. The van der Waals surface area contributed by atoms with Gasteiger partial charge in [-0.05, 0) is 66.1 Å². The van der Waals surface area contributed by atoms with Crippen molar-refractivity contribution in [3.8, 4) is 0 Å². The average molecular weight is 509 g/mol. The second kappa shape index (κ2) is 12.1. The summed E-state index contributed by atoms with van der Waals surface area (Å²) in [6.07, 6.45) is 10.8. The number of nitrogen functional groups attached to an aromatic ring is 1. The predicted octanol–water partition coefficient (Wildman–Crippen LogP) is 5.17. The molecule has 1 fully saturated rings. The number of anilines is 2. The first kappa shape index (κ1) is 25.7. The van der Waals surface area contributed by atoms with Crippen LogP contribution in [-0.2, 0) is 22.4 Å². The Hall–Kier alpha value is -3.90. The van der Waals surface area contributed by atoms with Crippen LogP contribution in [0, 0.1) is 0 Å². The van der Waals surface area contributed by atoms with Crippen molar-refractivity contribution in [1.29, 1.82) is 0 Å². The Balaban J connectivity index is 1.27. The largest absolute Gasteiger partial charge is 0.397 e. The van der Waals surface area contributed by atoms with Gasteiger partial charge in [-0.25, -0.2) is 0 Å². The van der Waals surface area contributed by atoms with Crippen molar-refractivity contribution < 1.29 is 9.59 Å². The summed E-state index contributed by atoms with van der Waals surface area (Å²) in [5.74, 6) is -0.213. The van der Waals surface area contributed by atoms with E-state index in [9.17, 15) is 9.59 Å². The van der Waals surface area contributed by atoms with Crippen LogP contribution >= 0.6 is 0 Å². The minimum Gasteiger partial charge on any atom is -0.397 e. The monoisotopic (exact) mass is 508 g/mol. The zero-order valence-electron chi connectivity index (χ0n) is 21.7. The summed E-state index contributed by atoms with van der Waals surface area (Å²) >= 11 is 0. The molecule has 0 aromatic heterocycles. The van der Waals surface area contributed by atoms with Gasteiger partial charge in [-0.2, -0.15) is 0 Å². The van der Waals surface area contributed by atoms with Gasteiger partial charge in [-0.15, -0.1) is 0 Å². The number of para-hydroxylation sites is 2. The van der Waals surface area contributed by atoms with Crippen molar-refractivity contribution in [3.63, 3.8) is 0 Å². The van der Waals surface area contributed by atoms with Crippen molar-refractivity contribution >= 4 is 29.3 Å². The molecular formula is C32H36N4O2. The number of nitrogens with two attached hydrogens (primary N) is 1. The van der Waals surface area contributed by atoms with E-state index in [1.165, 1.54) is 36.5 Å². The lowest BCUT2D eigenvalue weighted by atomic mass is 9.94. The SMILES string of the molecule is Nc1ccccc1NC(=O)/C=C/c1ccc(C(NC2Cc3ccccc3C2)C(=O)NC2CCCCC2)cc1. The summed E-state index contributed by atoms with van der Waals surface area (Å²) in [5, 5.41) is 9.78. The van der Waals surface area contributed by atoms with E-state index < -0.39 is 6.04 Å². The molecule has 0 aliphatic heterocycles. The van der Waals surface area contributed by atoms with E-state index in [1.54, 1.807) is 18.2 Å². The highest BCUT2D eigenvalue weighted by Crippen LogP contribution is 2.26. The van der Waals surface area contributed by atoms with Crippen molar-refractivity contribution in [3.05, 3.63) is 101 Å². The summed E-state index contributed by atoms with van der Waals surface area (Å²) in [5.41, 5.74) is 11.5. The topological polar surface area (TPSA) is 96.2 Å². The quantitative estimate of drug-likeness (QED) is 0.249. The van der Waals surface area contributed by atoms with Gasteiger partial charge in [0.1, 0.15) is 6.04 Å². The number of hydrogen-bond donors (Lipinski definition) is 4. The molecular weight excluding hydrogens is 472 g/mol. The number of rotatable bonds is 8. The van der Waals surface area contributed by atoms with Gasteiger partial charge in [-0.1, -0.05) is 79.9 Å². The highest BCUT2D eigenvalue weighted by molar-refractivity contribution is 6.03. The van der Waals surface area contributed by atoms with Gasteiger partial charge in [0.2, 0.25) is 11.8 Å². The van der Waals surface area contributed by atoms with E-state index in [0.717, 1.165) is 36.8 Å². The van der Waals surface area contributed by atoms with Gasteiger partial charge in [0.25, 0.3) is 0 Å². The van der Waals surface area contributed by atoms with Crippen LogP contribution in [0.4, 0.5) is 11.4 Å². The van der Waals surface area contributed by atoms with E-state index in [1.807, 2.05) is 36.4 Å². The highest BCUT2D eigenvalue weighted by Gasteiger charge is 2.29. The van der Waals surface area contributed by atoms with Crippen LogP contribution in [0.25, 0.3) is 6.08 Å². The minimum absolute atomic E-state index is 0.0379. The van der Waals surface area contributed by atoms with Gasteiger partial charge in [0, 0.05) is 18.2 Å². The summed E-state index contributed by atoms with van der Waals surface area (Å²) < 4.78 is 0. The summed E-state index contributed by atoms with van der Waals surface area (Å²) in [7, 11) is 0. The van der Waals surface area contributed by atoms with Gasteiger partial charge >= 0.3 is 0 Å². The lowest BCUT2D eigenvalue weighted by Crippen LogP contribution is -2.46. The molecule has 38 heavy (non-hydrogen) atoms. The van der Waals surface area contributed by atoms with Crippen molar-refractivity contribution in [2.75, 3.05) is 11.1 Å². The van der Waals surface area contributed by atoms with Crippen LogP contribution in [0.15, 0.2) is 78.9 Å². The molecule has 2 aliphatic carbocycles. The third-order valence-electron chi connectivity index (χ3n) is 7.58. The van der Waals surface area contributed by atoms with Crippen LogP contribution in [0.1, 0.15) is 60.4 Å². The first-order valence-electron chi connectivity index (χ1n) is 13.6. The third-order valence-corrected chi connectivity index (χ3v) is 7.58. The standard InChI is InChI=1S/C32H36N4O2/c33-28-12-6-7-13-29(28)36-30(37)19-16-22-14-17-23(18-15-22)31(32(38)35-26-10-2-1-3-11-26)34-27-20-24-8-4-5-9-25(24)21-27/h4-9,12-19,26-27,31,34H,1-3,10-11,20-21,33H2,(H,35,38)(H,36,37)/b19-16+. The fraction of sp³-hybridized carbons (Fsp3) is 0.312. The minimum atomic E-state index is -0.432. The summed E-state index contributed by atoms with van der Waals surface area (Å²) in [6, 6.07) is 23.6. The van der Waals surface area contributed by atoms with Gasteiger partial charge in [-0.3, -0.25) is 14.9 Å². The lowest BCUT2D eigenvalue weighted by molar-refractivity contribution is -0.124. The molecule has 6 nitrogen and oxygen atoms in total. The van der Waals surface area contributed by atoms with E-state index in [0.29, 0.717) is 11.4 Å². The van der Waals surface area contributed by atoms with Gasteiger partial charge in [0.15, 0.2) is 0 Å². The van der Waals surface area contributed by atoms with Crippen molar-refractivity contribution in [2.45, 2.75) is 63.1 Å². The van der Waals surface area contributed by atoms with Crippen LogP contribution in [0.5, 0.6) is 0 Å². The lowest BCUT2D eigenvalue weighted by Gasteiger charge is -2.28. The Morgan fingerprint density at radius 1 is 0.816 bits per heavy atom. The normalized spacial score (nSPS) is 16.7. The Kier molecular flexibility index (Phi) is 8.19. The van der Waals surface area contributed by atoms with Gasteiger partial charge in [0.05, 0.1) is 11.4 Å². The maximum atomic E-state index is 13.5. The van der Waals surface area contributed by atoms with Crippen molar-refractivity contribution in [2.24, 2.45) is 0 Å². The van der Waals surface area contributed by atoms with Crippen LogP contribution in [-0.4, -0.2) is 23.9 Å². The Bertz CT molecular complexity index is 1270. The number of carbonyl (C=O) groups is 2. The molecule has 0 heterocycles. The number of carbonyl (C=O) groups excluding carboxylic acids is 2. The number of nitrogens with one attached hydrogen (secondary N) is 3. The maximum absolute atomic E-state index is 13.5. The van der Waals surface area contributed by atoms with Crippen molar-refractivity contribution in [1.82, 2.24) is 10.6 Å². The molecule has 3 aromatic rings. The summed E-state index contributed by atoms with van der Waals surface area (Å²) in [4.78, 5) is 25.9. The number of benzene rings is 3. The average Bonchev–Trinajstić information content (AvgIpc) is 3.35. The molecule has 6 heteroatoms. The number of hydrogen-bond acceptors (Lipinski definition) is 4. The van der Waals surface area contributed by atoms with E-state index in [-0.39, 0.29) is 23.9 Å². The first-order chi connectivity index (χ1) is 18.5. The van der Waals surface area contributed by atoms with E-state index >= 15 is 0 Å². The molecule has 0 spiro atoms.